The molecule has 0 aromatic heterocycles. The third kappa shape index (κ3) is 3.71. The summed E-state index contributed by atoms with van der Waals surface area (Å²) in [6, 6.07) is 14.2. The van der Waals surface area contributed by atoms with Crippen LogP contribution in [0.5, 0.6) is 0 Å². The van der Waals surface area contributed by atoms with Crippen molar-refractivity contribution >= 4 is 23.2 Å². The van der Waals surface area contributed by atoms with Crippen molar-refractivity contribution in [2.75, 3.05) is 38.0 Å². The van der Waals surface area contributed by atoms with Crippen molar-refractivity contribution < 1.29 is 4.79 Å². The fourth-order valence-electron chi connectivity index (χ4n) is 3.86. The number of fused-ring (bicyclic) bond motifs is 1. The number of benzene rings is 2. The van der Waals surface area contributed by atoms with Gasteiger partial charge in [0.15, 0.2) is 0 Å². The SMILES string of the molecule is O=C(Cc1ccccc1Cl)N1CCN(Cc2cccc3c2NCC3)CC1. The maximum absolute atomic E-state index is 12.6. The van der Waals surface area contributed by atoms with Crippen molar-refractivity contribution in [2.24, 2.45) is 0 Å². The molecule has 0 saturated carbocycles. The molecule has 0 aliphatic carbocycles. The van der Waals surface area contributed by atoms with Crippen LogP contribution in [-0.4, -0.2) is 48.4 Å². The summed E-state index contributed by atoms with van der Waals surface area (Å²) < 4.78 is 0. The monoisotopic (exact) mass is 369 g/mol. The standard InChI is InChI=1S/C21H24ClN3O/c22-19-7-2-1-4-17(19)14-20(26)25-12-10-24(11-13-25)15-18-6-3-5-16-8-9-23-21(16)18/h1-7,23H,8-15H2. The van der Waals surface area contributed by atoms with Crippen molar-refractivity contribution in [1.82, 2.24) is 9.80 Å². The molecule has 0 spiro atoms. The molecule has 2 aromatic carbocycles. The van der Waals surface area contributed by atoms with Crippen LogP contribution >= 0.6 is 11.6 Å². The molecule has 2 aliphatic rings. The second-order valence-corrected chi connectivity index (χ2v) is 7.46. The lowest BCUT2D eigenvalue weighted by molar-refractivity contribution is -0.132. The maximum Gasteiger partial charge on any atom is 0.227 e. The molecule has 26 heavy (non-hydrogen) atoms. The van der Waals surface area contributed by atoms with Crippen LogP contribution in [-0.2, 0) is 24.2 Å². The first-order valence-corrected chi connectivity index (χ1v) is 9.66. The Hall–Kier alpha value is -2.04. The van der Waals surface area contributed by atoms with Crippen LogP contribution in [0, 0.1) is 0 Å². The Morgan fingerprint density at radius 1 is 1.00 bits per heavy atom. The third-order valence-corrected chi connectivity index (χ3v) is 5.72. The first kappa shape index (κ1) is 17.4. The summed E-state index contributed by atoms with van der Waals surface area (Å²) in [5, 5.41) is 4.19. The average molecular weight is 370 g/mol. The number of amides is 1. The summed E-state index contributed by atoms with van der Waals surface area (Å²) in [4.78, 5) is 17.0. The number of para-hydroxylation sites is 1. The highest BCUT2D eigenvalue weighted by atomic mass is 35.5. The second kappa shape index (κ2) is 7.68. The predicted octanol–water partition coefficient (Wildman–Crippen LogP) is 3.19. The van der Waals surface area contributed by atoms with Gasteiger partial charge in [-0.1, -0.05) is 48.0 Å². The van der Waals surface area contributed by atoms with Crippen LogP contribution in [0.3, 0.4) is 0 Å². The Bertz CT molecular complexity index is 800. The van der Waals surface area contributed by atoms with Gasteiger partial charge in [0, 0.05) is 50.0 Å². The quantitative estimate of drug-likeness (QED) is 0.899. The fraction of sp³-hybridized carbons (Fsp3) is 0.381. The molecule has 2 aliphatic heterocycles. The number of nitrogens with one attached hydrogen (secondary N) is 1. The molecule has 1 N–H and O–H groups in total. The molecule has 0 unspecified atom stereocenters. The Balaban J connectivity index is 1.32. The van der Waals surface area contributed by atoms with Gasteiger partial charge in [-0.15, -0.1) is 0 Å². The van der Waals surface area contributed by atoms with Gasteiger partial charge in [0.25, 0.3) is 0 Å². The normalized spacial score (nSPS) is 17.0. The highest BCUT2D eigenvalue weighted by molar-refractivity contribution is 6.31. The van der Waals surface area contributed by atoms with Crippen molar-refractivity contribution in [2.45, 2.75) is 19.4 Å². The number of carbonyl (C=O) groups excluding carboxylic acids is 1. The molecule has 1 fully saturated rings. The number of hydrogen-bond acceptors (Lipinski definition) is 3. The van der Waals surface area contributed by atoms with E-state index in [4.69, 9.17) is 11.6 Å². The first-order valence-electron chi connectivity index (χ1n) is 9.29. The van der Waals surface area contributed by atoms with E-state index in [1.54, 1.807) is 0 Å². The molecule has 0 atom stereocenters. The van der Waals surface area contributed by atoms with Crippen LogP contribution < -0.4 is 5.32 Å². The second-order valence-electron chi connectivity index (χ2n) is 7.05. The lowest BCUT2D eigenvalue weighted by atomic mass is 10.1. The minimum Gasteiger partial charge on any atom is -0.384 e. The van der Waals surface area contributed by atoms with E-state index in [1.165, 1.54) is 16.8 Å². The van der Waals surface area contributed by atoms with Gasteiger partial charge in [-0.25, -0.2) is 0 Å². The van der Waals surface area contributed by atoms with Crippen LogP contribution in [0.2, 0.25) is 5.02 Å². The first-order chi connectivity index (χ1) is 12.7. The summed E-state index contributed by atoms with van der Waals surface area (Å²) in [5.74, 6) is 0.167. The van der Waals surface area contributed by atoms with Gasteiger partial charge in [0.2, 0.25) is 5.91 Å². The number of halogens is 1. The number of rotatable bonds is 4. The zero-order chi connectivity index (χ0) is 17.9. The smallest absolute Gasteiger partial charge is 0.227 e. The zero-order valence-corrected chi connectivity index (χ0v) is 15.6. The molecule has 2 heterocycles. The van der Waals surface area contributed by atoms with Gasteiger partial charge in [0.05, 0.1) is 6.42 Å². The average Bonchev–Trinajstić information content (AvgIpc) is 3.14. The number of piperazine rings is 1. The Kier molecular flexibility index (Phi) is 5.14. The van der Waals surface area contributed by atoms with Gasteiger partial charge >= 0.3 is 0 Å². The van der Waals surface area contributed by atoms with Crippen molar-refractivity contribution in [3.8, 4) is 0 Å². The molecule has 0 bridgehead atoms. The lowest BCUT2D eigenvalue weighted by Crippen LogP contribution is -2.48. The Morgan fingerprint density at radius 2 is 1.77 bits per heavy atom. The molecular formula is C21H24ClN3O. The number of carbonyl (C=O) groups is 1. The van der Waals surface area contributed by atoms with Gasteiger partial charge in [-0.3, -0.25) is 9.69 Å². The van der Waals surface area contributed by atoms with E-state index in [0.717, 1.165) is 51.3 Å². The summed E-state index contributed by atoms with van der Waals surface area (Å²) in [5.41, 5.74) is 5.03. The van der Waals surface area contributed by atoms with Crippen molar-refractivity contribution in [3.63, 3.8) is 0 Å². The molecule has 0 radical (unpaired) electrons. The number of anilines is 1. The lowest BCUT2D eigenvalue weighted by Gasteiger charge is -2.35. The molecule has 4 nitrogen and oxygen atoms in total. The fourth-order valence-corrected chi connectivity index (χ4v) is 4.06. The van der Waals surface area contributed by atoms with Gasteiger partial charge < -0.3 is 10.2 Å². The van der Waals surface area contributed by atoms with Gasteiger partial charge in [-0.05, 0) is 29.2 Å². The summed E-state index contributed by atoms with van der Waals surface area (Å²) >= 11 is 6.18. The Labute approximate surface area is 159 Å². The predicted molar refractivity (Wildman–Crippen MR) is 106 cm³/mol. The Morgan fingerprint density at radius 3 is 2.58 bits per heavy atom. The molecule has 5 heteroatoms. The molecule has 136 valence electrons. The van der Waals surface area contributed by atoms with E-state index in [9.17, 15) is 4.79 Å². The molecule has 1 amide bonds. The van der Waals surface area contributed by atoms with Crippen LogP contribution in [0.1, 0.15) is 16.7 Å². The van der Waals surface area contributed by atoms with Crippen molar-refractivity contribution in [1.29, 1.82) is 0 Å². The van der Waals surface area contributed by atoms with E-state index >= 15 is 0 Å². The largest absolute Gasteiger partial charge is 0.384 e. The van der Waals surface area contributed by atoms with E-state index < -0.39 is 0 Å². The van der Waals surface area contributed by atoms with E-state index in [-0.39, 0.29) is 5.91 Å². The van der Waals surface area contributed by atoms with E-state index in [0.29, 0.717) is 11.4 Å². The maximum atomic E-state index is 12.6. The summed E-state index contributed by atoms with van der Waals surface area (Å²) in [6.45, 7) is 5.38. The molecule has 4 rings (SSSR count). The number of nitrogens with zero attached hydrogens (tertiary/aromatic N) is 2. The topological polar surface area (TPSA) is 35.6 Å². The zero-order valence-electron chi connectivity index (χ0n) is 14.9. The van der Waals surface area contributed by atoms with E-state index in [1.807, 2.05) is 29.2 Å². The van der Waals surface area contributed by atoms with Crippen LogP contribution in [0.15, 0.2) is 42.5 Å². The summed E-state index contributed by atoms with van der Waals surface area (Å²) in [7, 11) is 0. The van der Waals surface area contributed by atoms with Gasteiger partial charge in [-0.2, -0.15) is 0 Å². The minimum atomic E-state index is 0.167. The molecule has 2 aromatic rings. The molecular weight excluding hydrogens is 346 g/mol. The third-order valence-electron chi connectivity index (χ3n) is 5.35. The number of hydrogen-bond donors (Lipinski definition) is 1. The highest BCUT2D eigenvalue weighted by Crippen LogP contribution is 2.27. The van der Waals surface area contributed by atoms with Crippen molar-refractivity contribution in [3.05, 3.63) is 64.2 Å². The van der Waals surface area contributed by atoms with Gasteiger partial charge in [0.1, 0.15) is 0 Å². The van der Waals surface area contributed by atoms with Crippen LogP contribution in [0.25, 0.3) is 0 Å². The highest BCUT2D eigenvalue weighted by Gasteiger charge is 2.23. The minimum absolute atomic E-state index is 0.167. The summed E-state index contributed by atoms with van der Waals surface area (Å²) in [6.07, 6.45) is 1.50. The van der Waals surface area contributed by atoms with Crippen LogP contribution in [0.4, 0.5) is 5.69 Å². The van der Waals surface area contributed by atoms with E-state index in [2.05, 4.69) is 28.4 Å². The molecule has 1 saturated heterocycles.